The van der Waals surface area contributed by atoms with Gasteiger partial charge in [-0.15, -0.1) is 12.4 Å². The summed E-state index contributed by atoms with van der Waals surface area (Å²) in [6.45, 7) is 3.21. The Morgan fingerprint density at radius 1 is 0.877 bits per heavy atom. The first-order valence-electron chi connectivity index (χ1n) is 19.2. The third-order valence-corrected chi connectivity index (χ3v) is 10.9. The van der Waals surface area contributed by atoms with Crippen molar-refractivity contribution in [1.29, 1.82) is 0 Å². The van der Waals surface area contributed by atoms with Crippen LogP contribution in [0.1, 0.15) is 55.8 Å². The molecule has 0 saturated carbocycles. The number of nitrogens with zero attached hydrogens (tertiary/aromatic N) is 5. The van der Waals surface area contributed by atoms with Crippen LogP contribution in [0.4, 0.5) is 11.8 Å². The number of benzene rings is 3. The Kier molecular flexibility index (Phi) is 15.3. The van der Waals surface area contributed by atoms with Crippen molar-refractivity contribution in [2.24, 2.45) is 0 Å². The van der Waals surface area contributed by atoms with Crippen molar-refractivity contribution in [2.45, 2.75) is 68.9 Å². The van der Waals surface area contributed by atoms with Crippen molar-refractivity contribution >= 4 is 51.1 Å². The Balaban J connectivity index is 0.000000194. The standard InChI is InChI=1S/C21H25NO.C19H25N5O4.CH4O3S.ClH/c1-22-18-12-13-19(22)15-20(14-18)23-21(16-8-4-2-5-9-16)17-10-6-3-7-11-17;1-26-15-10-12-13(11-16(15)27-2)21-19(22-17(12)20)24-7-5-23(6-8-24)18(25)14-4-3-9-28-14;1-5(2,3)4;/h2-11,18-21H,12-15H2,1H3;10-11,14H,3-9H2,1-2H3,(H2,20,21,22);1H3,(H,2,3,4);1H/t18-,19+,20?;;;. The second-order valence-electron chi connectivity index (χ2n) is 14.7. The van der Waals surface area contributed by atoms with Crippen LogP contribution in [-0.4, -0.2) is 123 Å². The number of hydrogen-bond donors (Lipinski definition) is 2. The molecule has 1 amide bonds. The van der Waals surface area contributed by atoms with Crippen LogP contribution in [0.3, 0.4) is 0 Å². The summed E-state index contributed by atoms with van der Waals surface area (Å²) in [6.07, 6.45) is 7.63. The van der Waals surface area contributed by atoms with Gasteiger partial charge in [-0.25, -0.2) is 4.98 Å². The number of piperidine rings is 1. The highest BCUT2D eigenvalue weighted by Gasteiger charge is 2.40. The van der Waals surface area contributed by atoms with E-state index in [4.69, 9.17) is 29.2 Å². The number of nitrogens with two attached hydrogens (primary N) is 1. The number of carbonyl (C=O) groups is 1. The lowest BCUT2D eigenvalue weighted by Crippen LogP contribution is -2.51. The quantitative estimate of drug-likeness (QED) is 0.217. The Morgan fingerprint density at radius 2 is 1.42 bits per heavy atom. The van der Waals surface area contributed by atoms with Crippen molar-refractivity contribution in [3.05, 3.63) is 83.9 Å². The van der Waals surface area contributed by atoms with Crippen LogP contribution in [0.2, 0.25) is 0 Å². The lowest BCUT2D eigenvalue weighted by Gasteiger charge is -2.38. The highest BCUT2D eigenvalue weighted by molar-refractivity contribution is 7.85. The molecule has 1 aromatic heterocycles. The summed E-state index contributed by atoms with van der Waals surface area (Å²) in [5.74, 6) is 2.21. The van der Waals surface area contributed by atoms with Gasteiger partial charge in [-0.1, -0.05) is 60.7 Å². The smallest absolute Gasteiger partial charge is 0.261 e. The van der Waals surface area contributed by atoms with E-state index in [1.54, 1.807) is 26.4 Å². The van der Waals surface area contributed by atoms with Crippen molar-refractivity contribution in [1.82, 2.24) is 19.8 Å². The van der Waals surface area contributed by atoms with E-state index in [0.29, 0.717) is 91.4 Å². The first-order chi connectivity index (χ1) is 26.9. The van der Waals surface area contributed by atoms with Gasteiger partial charge in [-0.3, -0.25) is 9.35 Å². The predicted molar refractivity (Wildman–Crippen MR) is 223 cm³/mol. The van der Waals surface area contributed by atoms with Crippen LogP contribution >= 0.6 is 12.4 Å². The zero-order valence-corrected chi connectivity index (χ0v) is 34.7. The Hall–Kier alpha value is -4.25. The van der Waals surface area contributed by atoms with Gasteiger partial charge in [0.2, 0.25) is 5.95 Å². The molecule has 4 saturated heterocycles. The van der Waals surface area contributed by atoms with Gasteiger partial charge in [0.15, 0.2) is 11.5 Å². The molecule has 4 atom stereocenters. The fourth-order valence-electron chi connectivity index (χ4n) is 7.98. The molecule has 57 heavy (non-hydrogen) atoms. The molecular formula is C41H55ClN6O8S. The van der Waals surface area contributed by atoms with E-state index in [-0.39, 0.29) is 30.5 Å². The van der Waals surface area contributed by atoms with Gasteiger partial charge in [0.05, 0.1) is 32.1 Å². The second kappa shape index (κ2) is 19.9. The van der Waals surface area contributed by atoms with Crippen LogP contribution in [0, 0.1) is 0 Å². The summed E-state index contributed by atoms with van der Waals surface area (Å²) in [4.78, 5) is 28.1. The molecule has 310 valence electrons. The van der Waals surface area contributed by atoms with Crippen LogP contribution in [0.5, 0.6) is 11.5 Å². The van der Waals surface area contributed by atoms with Crippen LogP contribution < -0.4 is 20.1 Å². The van der Waals surface area contributed by atoms with Crippen molar-refractivity contribution < 1.29 is 36.7 Å². The van der Waals surface area contributed by atoms with Gasteiger partial charge >= 0.3 is 0 Å². The molecule has 0 aliphatic carbocycles. The lowest BCUT2D eigenvalue weighted by molar-refractivity contribution is -0.141. The summed E-state index contributed by atoms with van der Waals surface area (Å²) in [6, 6.07) is 26.3. The molecule has 14 nitrogen and oxygen atoms in total. The van der Waals surface area contributed by atoms with Crippen molar-refractivity contribution in [3.63, 3.8) is 0 Å². The zero-order valence-electron chi connectivity index (χ0n) is 33.0. The van der Waals surface area contributed by atoms with E-state index in [1.807, 2.05) is 9.80 Å². The molecule has 2 unspecified atom stereocenters. The molecule has 4 aliphatic rings. The minimum atomic E-state index is -3.67. The summed E-state index contributed by atoms with van der Waals surface area (Å²) < 4.78 is 48.7. The maximum Gasteiger partial charge on any atom is 0.261 e. The fraction of sp³-hybridized carbons (Fsp3) is 0.488. The summed E-state index contributed by atoms with van der Waals surface area (Å²) >= 11 is 0. The number of anilines is 2. The number of carbonyl (C=O) groups excluding carboxylic acids is 1. The minimum Gasteiger partial charge on any atom is -0.493 e. The molecule has 16 heteroatoms. The maximum atomic E-state index is 12.5. The molecule has 0 radical (unpaired) electrons. The first-order valence-corrected chi connectivity index (χ1v) is 21.0. The molecule has 4 aromatic rings. The number of rotatable bonds is 8. The zero-order chi connectivity index (χ0) is 39.8. The van der Waals surface area contributed by atoms with Gasteiger partial charge in [-0.2, -0.15) is 13.4 Å². The molecule has 2 bridgehead atoms. The summed E-state index contributed by atoms with van der Waals surface area (Å²) in [5.41, 5.74) is 9.38. The summed E-state index contributed by atoms with van der Waals surface area (Å²) in [5, 5.41) is 0.716. The number of methoxy groups -OCH3 is 2. The number of halogens is 1. The summed E-state index contributed by atoms with van der Waals surface area (Å²) in [7, 11) is 1.77. The molecule has 4 fully saturated rings. The van der Waals surface area contributed by atoms with E-state index >= 15 is 0 Å². The molecule has 3 aromatic carbocycles. The van der Waals surface area contributed by atoms with Crippen LogP contribution in [-0.2, 0) is 24.4 Å². The minimum absolute atomic E-state index is 0. The van der Waals surface area contributed by atoms with Crippen molar-refractivity contribution in [3.8, 4) is 11.5 Å². The molecular weight excluding hydrogens is 772 g/mol. The number of fused-ring (bicyclic) bond motifs is 3. The van der Waals surface area contributed by atoms with Crippen LogP contribution in [0.15, 0.2) is 72.8 Å². The van der Waals surface area contributed by atoms with E-state index in [0.717, 1.165) is 12.8 Å². The van der Waals surface area contributed by atoms with E-state index < -0.39 is 10.1 Å². The molecule has 4 aliphatic heterocycles. The van der Waals surface area contributed by atoms with E-state index in [9.17, 15) is 13.2 Å². The maximum absolute atomic E-state index is 12.5. The highest BCUT2D eigenvalue weighted by atomic mass is 35.5. The average molecular weight is 827 g/mol. The third-order valence-electron chi connectivity index (χ3n) is 10.9. The predicted octanol–water partition coefficient (Wildman–Crippen LogP) is 5.40. The van der Waals surface area contributed by atoms with Gasteiger partial charge < -0.3 is 39.4 Å². The normalized spacial score (nSPS) is 21.9. The molecule has 3 N–H and O–H groups in total. The fourth-order valence-corrected chi connectivity index (χ4v) is 7.98. The van der Waals surface area contributed by atoms with Crippen molar-refractivity contribution in [2.75, 3.05) is 70.9 Å². The number of nitrogen functional groups attached to an aromatic ring is 1. The van der Waals surface area contributed by atoms with Crippen LogP contribution in [0.25, 0.3) is 10.9 Å². The first kappa shape index (κ1) is 43.9. The monoisotopic (exact) mass is 826 g/mol. The second-order valence-corrected chi connectivity index (χ2v) is 16.1. The Bertz CT molecular complexity index is 1960. The van der Waals surface area contributed by atoms with Gasteiger partial charge in [-0.05, 0) is 62.8 Å². The van der Waals surface area contributed by atoms with E-state index in [1.165, 1.54) is 36.8 Å². The largest absolute Gasteiger partial charge is 0.493 e. The van der Waals surface area contributed by atoms with Gasteiger partial charge in [0.1, 0.15) is 18.0 Å². The molecule has 5 heterocycles. The number of amides is 1. The topological polar surface area (TPSA) is 170 Å². The Labute approximate surface area is 341 Å². The number of ether oxygens (including phenoxy) is 4. The third kappa shape index (κ3) is 11.5. The lowest BCUT2D eigenvalue weighted by atomic mass is 9.97. The SMILES string of the molecule is CN1[C@@H]2CC[C@H]1CC(OC(c1ccccc1)c1ccccc1)C2.COc1cc2nc(N3CCN(C(=O)C4CCCO4)CC3)nc(N)c2cc1OC.CS(=O)(=O)O.Cl. The molecule has 8 rings (SSSR count). The molecule has 0 spiro atoms. The highest BCUT2D eigenvalue weighted by Crippen LogP contribution is 2.39. The number of aromatic nitrogens is 2. The van der Waals surface area contributed by atoms with Gasteiger partial charge in [0, 0.05) is 56.3 Å². The van der Waals surface area contributed by atoms with E-state index in [2.05, 4.69) is 82.6 Å². The Morgan fingerprint density at radius 3 is 1.93 bits per heavy atom. The average Bonchev–Trinajstić information content (AvgIpc) is 3.80. The number of piperazine rings is 1. The van der Waals surface area contributed by atoms with Gasteiger partial charge in [0.25, 0.3) is 16.0 Å². The number of hydrogen-bond acceptors (Lipinski definition) is 12.